The van der Waals surface area contributed by atoms with E-state index in [-0.39, 0.29) is 22.6 Å². The second-order valence-electron chi connectivity index (χ2n) is 7.08. The molecule has 0 unspecified atom stereocenters. The molecular formula is C23H16N4O4. The van der Waals surface area contributed by atoms with Crippen LogP contribution in [-0.2, 0) is 0 Å². The summed E-state index contributed by atoms with van der Waals surface area (Å²) in [5.74, 6) is 0.712. The maximum absolute atomic E-state index is 12.4. The number of nitrogens with zero attached hydrogens (tertiary/aromatic N) is 3. The first-order chi connectivity index (χ1) is 14.9. The minimum atomic E-state index is -0.465. The number of nitrogens with one attached hydrogen (secondary N) is 1. The third-order valence-electron chi connectivity index (χ3n) is 4.77. The lowest BCUT2D eigenvalue weighted by Gasteiger charge is -2.03. The Bertz CT molecular complexity index is 1470. The first kappa shape index (κ1) is 19.8. The van der Waals surface area contributed by atoms with Crippen LogP contribution in [0.2, 0.25) is 0 Å². The Balaban J connectivity index is 1.77. The van der Waals surface area contributed by atoms with Crippen molar-refractivity contribution >= 4 is 28.2 Å². The van der Waals surface area contributed by atoms with E-state index >= 15 is 0 Å². The summed E-state index contributed by atoms with van der Waals surface area (Å²) in [5, 5.41) is 21.4. The Morgan fingerprint density at radius 1 is 1.16 bits per heavy atom. The molecule has 1 N–H and O–H groups in total. The number of nitro benzene ring substituents is 1. The summed E-state index contributed by atoms with van der Waals surface area (Å²) >= 11 is 0. The standard InChI is InChI=1S/C23H16N4O4/c1-13-3-6-17-19(9-13)25-22(26-23(17)28)15(12-24)11-16-5-8-21(31-16)18-7-4-14(2)10-20(18)27(29)30/h3-11H,1-2H3,(H,25,26,28)/b15-11+. The highest BCUT2D eigenvalue weighted by molar-refractivity contribution is 5.88. The van der Waals surface area contributed by atoms with Crippen molar-refractivity contribution in [3.8, 4) is 17.4 Å². The molecular weight excluding hydrogens is 396 g/mol. The number of benzene rings is 2. The molecule has 0 saturated carbocycles. The summed E-state index contributed by atoms with van der Waals surface area (Å²) in [5.41, 5.74) is 2.19. The minimum absolute atomic E-state index is 0.0683. The fourth-order valence-electron chi connectivity index (χ4n) is 3.25. The Hall–Kier alpha value is -4.51. The molecule has 8 heteroatoms. The zero-order chi connectivity index (χ0) is 22.1. The lowest BCUT2D eigenvalue weighted by Crippen LogP contribution is -2.11. The van der Waals surface area contributed by atoms with Gasteiger partial charge in [0.1, 0.15) is 17.6 Å². The van der Waals surface area contributed by atoms with E-state index in [2.05, 4.69) is 9.97 Å². The van der Waals surface area contributed by atoms with E-state index < -0.39 is 4.92 Å². The van der Waals surface area contributed by atoms with Crippen LogP contribution in [0.1, 0.15) is 22.7 Å². The number of nitro groups is 1. The second kappa shape index (κ2) is 7.72. The molecule has 2 aromatic carbocycles. The first-order valence-corrected chi connectivity index (χ1v) is 9.34. The molecule has 0 radical (unpaired) electrons. The zero-order valence-electron chi connectivity index (χ0n) is 16.7. The van der Waals surface area contributed by atoms with Gasteiger partial charge in [0.05, 0.1) is 27.0 Å². The van der Waals surface area contributed by atoms with Gasteiger partial charge in [0.2, 0.25) is 0 Å². The van der Waals surface area contributed by atoms with Gasteiger partial charge in [-0.3, -0.25) is 14.9 Å². The number of H-pyrrole nitrogens is 1. The smallest absolute Gasteiger partial charge is 0.280 e. The van der Waals surface area contributed by atoms with Gasteiger partial charge < -0.3 is 9.40 Å². The Kier molecular flexibility index (Phi) is 4.93. The molecule has 0 spiro atoms. The van der Waals surface area contributed by atoms with Crippen molar-refractivity contribution < 1.29 is 9.34 Å². The van der Waals surface area contributed by atoms with Crippen molar-refractivity contribution in [3.05, 3.63) is 91.7 Å². The zero-order valence-corrected chi connectivity index (χ0v) is 16.7. The summed E-state index contributed by atoms with van der Waals surface area (Å²) in [6, 6.07) is 15.3. The van der Waals surface area contributed by atoms with Gasteiger partial charge in [0.25, 0.3) is 11.2 Å². The van der Waals surface area contributed by atoms with E-state index in [0.717, 1.165) is 11.1 Å². The van der Waals surface area contributed by atoms with E-state index in [1.165, 1.54) is 12.1 Å². The van der Waals surface area contributed by atoms with E-state index in [0.29, 0.717) is 28.0 Å². The second-order valence-corrected chi connectivity index (χ2v) is 7.08. The highest BCUT2D eigenvalue weighted by Gasteiger charge is 2.18. The third kappa shape index (κ3) is 3.84. The van der Waals surface area contributed by atoms with Crippen LogP contribution in [0, 0.1) is 35.3 Å². The summed E-state index contributed by atoms with van der Waals surface area (Å²) in [4.78, 5) is 30.3. The Labute approximate surface area is 176 Å². The highest BCUT2D eigenvalue weighted by atomic mass is 16.6. The molecule has 0 saturated heterocycles. The molecule has 0 fully saturated rings. The molecule has 2 aromatic heterocycles. The van der Waals surface area contributed by atoms with Gasteiger partial charge in [-0.15, -0.1) is 0 Å². The Morgan fingerprint density at radius 3 is 2.65 bits per heavy atom. The van der Waals surface area contributed by atoms with Gasteiger partial charge in [-0.1, -0.05) is 12.1 Å². The topological polar surface area (TPSA) is 126 Å². The van der Waals surface area contributed by atoms with E-state index in [1.807, 2.05) is 19.1 Å². The van der Waals surface area contributed by atoms with E-state index in [4.69, 9.17) is 4.42 Å². The summed E-state index contributed by atoms with van der Waals surface area (Å²) in [6.07, 6.45) is 1.43. The number of aromatic nitrogens is 2. The number of allylic oxidation sites excluding steroid dienone is 1. The fraction of sp³-hybridized carbons (Fsp3) is 0.0870. The Morgan fingerprint density at radius 2 is 1.90 bits per heavy atom. The maximum atomic E-state index is 12.4. The molecule has 0 aliphatic heterocycles. The van der Waals surface area contributed by atoms with Crippen molar-refractivity contribution in [3.63, 3.8) is 0 Å². The third-order valence-corrected chi connectivity index (χ3v) is 4.77. The monoisotopic (exact) mass is 412 g/mol. The van der Waals surface area contributed by atoms with E-state index in [9.17, 15) is 20.2 Å². The predicted octanol–water partition coefficient (Wildman–Crippen LogP) is 4.77. The number of rotatable bonds is 4. The summed E-state index contributed by atoms with van der Waals surface area (Å²) < 4.78 is 5.74. The molecule has 2 heterocycles. The molecule has 31 heavy (non-hydrogen) atoms. The van der Waals surface area contributed by atoms with Crippen LogP contribution in [0.5, 0.6) is 0 Å². The molecule has 4 rings (SSSR count). The van der Waals surface area contributed by atoms with Crippen molar-refractivity contribution in [2.24, 2.45) is 0 Å². The summed E-state index contributed by atoms with van der Waals surface area (Å²) in [6.45, 7) is 3.66. The lowest BCUT2D eigenvalue weighted by atomic mass is 10.1. The minimum Gasteiger partial charge on any atom is -0.456 e. The van der Waals surface area contributed by atoms with Crippen LogP contribution < -0.4 is 5.56 Å². The summed E-state index contributed by atoms with van der Waals surface area (Å²) in [7, 11) is 0. The van der Waals surface area contributed by atoms with Crippen LogP contribution in [0.4, 0.5) is 5.69 Å². The van der Waals surface area contributed by atoms with Gasteiger partial charge in [-0.05, 0) is 55.3 Å². The fourth-order valence-corrected chi connectivity index (χ4v) is 3.25. The molecule has 0 amide bonds. The van der Waals surface area contributed by atoms with Crippen molar-refractivity contribution in [1.82, 2.24) is 9.97 Å². The number of aromatic amines is 1. The highest BCUT2D eigenvalue weighted by Crippen LogP contribution is 2.32. The van der Waals surface area contributed by atoms with Crippen molar-refractivity contribution in [2.45, 2.75) is 13.8 Å². The number of aryl methyl sites for hydroxylation is 2. The molecule has 0 bridgehead atoms. The van der Waals surface area contributed by atoms with Crippen LogP contribution in [0.3, 0.4) is 0 Å². The number of hydrogen-bond donors (Lipinski definition) is 1. The number of fused-ring (bicyclic) bond motifs is 1. The molecule has 0 aliphatic carbocycles. The van der Waals surface area contributed by atoms with Gasteiger partial charge in [-0.2, -0.15) is 5.26 Å². The van der Waals surface area contributed by atoms with Gasteiger partial charge in [0, 0.05) is 12.1 Å². The van der Waals surface area contributed by atoms with Crippen LogP contribution >= 0.6 is 0 Å². The number of nitriles is 1. The largest absolute Gasteiger partial charge is 0.456 e. The predicted molar refractivity (Wildman–Crippen MR) is 116 cm³/mol. The quantitative estimate of drug-likeness (QED) is 0.292. The lowest BCUT2D eigenvalue weighted by molar-refractivity contribution is -0.384. The van der Waals surface area contributed by atoms with Crippen LogP contribution in [0.15, 0.2) is 57.7 Å². The van der Waals surface area contributed by atoms with Crippen molar-refractivity contribution in [2.75, 3.05) is 0 Å². The van der Waals surface area contributed by atoms with Crippen LogP contribution in [0.25, 0.3) is 33.9 Å². The average Bonchev–Trinajstić information content (AvgIpc) is 3.19. The molecule has 8 nitrogen and oxygen atoms in total. The molecule has 4 aromatic rings. The van der Waals surface area contributed by atoms with Gasteiger partial charge in [0.15, 0.2) is 5.82 Å². The molecule has 0 atom stereocenters. The maximum Gasteiger partial charge on any atom is 0.280 e. The normalized spacial score (nSPS) is 11.5. The van der Waals surface area contributed by atoms with Crippen LogP contribution in [-0.4, -0.2) is 14.9 Å². The van der Waals surface area contributed by atoms with Gasteiger partial charge in [-0.25, -0.2) is 4.98 Å². The first-order valence-electron chi connectivity index (χ1n) is 9.34. The SMILES string of the molecule is Cc1ccc(-c2ccc(/C=C(\C#N)c3nc4cc(C)ccc4c(=O)[nH]3)o2)c([N+](=O)[O-])c1. The van der Waals surface area contributed by atoms with Gasteiger partial charge >= 0.3 is 0 Å². The average molecular weight is 412 g/mol. The number of furan rings is 1. The molecule has 0 aliphatic rings. The molecule has 152 valence electrons. The van der Waals surface area contributed by atoms with E-state index in [1.54, 1.807) is 43.3 Å². The van der Waals surface area contributed by atoms with Crippen molar-refractivity contribution in [1.29, 1.82) is 5.26 Å². The number of hydrogen-bond acceptors (Lipinski definition) is 6.